The summed E-state index contributed by atoms with van der Waals surface area (Å²) in [5, 5.41) is 0.898. The van der Waals surface area contributed by atoms with Crippen molar-refractivity contribution in [1.82, 2.24) is 18.9 Å². The third kappa shape index (κ3) is 2.62. The molecule has 92 valence electrons. The number of imidazole rings is 1. The van der Waals surface area contributed by atoms with Crippen LogP contribution in [0.15, 0.2) is 18.7 Å². The van der Waals surface area contributed by atoms with Crippen molar-refractivity contribution >= 4 is 16.7 Å². The van der Waals surface area contributed by atoms with E-state index in [2.05, 4.69) is 26.2 Å². The van der Waals surface area contributed by atoms with Crippen molar-refractivity contribution in [3.05, 3.63) is 18.7 Å². The molecule has 0 fully saturated rings. The van der Waals surface area contributed by atoms with E-state index < -0.39 is 0 Å². The van der Waals surface area contributed by atoms with Crippen LogP contribution in [0.3, 0.4) is 0 Å². The molecule has 0 saturated heterocycles. The van der Waals surface area contributed by atoms with Crippen LogP contribution in [0.25, 0.3) is 5.95 Å². The van der Waals surface area contributed by atoms with Gasteiger partial charge in [0.1, 0.15) is 6.33 Å². The van der Waals surface area contributed by atoms with E-state index in [0.29, 0.717) is 18.5 Å². The Balaban J connectivity index is 2.13. The molecular formula is C10H16N6S. The summed E-state index contributed by atoms with van der Waals surface area (Å²) in [5.41, 5.74) is 5.56. The Morgan fingerprint density at radius 3 is 3.06 bits per heavy atom. The summed E-state index contributed by atoms with van der Waals surface area (Å²) in [7, 11) is 2.01. The van der Waals surface area contributed by atoms with Crippen LogP contribution in [0, 0.1) is 0 Å². The predicted octanol–water partition coefficient (Wildman–Crippen LogP) is 0.897. The SMILES string of the molecule is CC(CCN)N(C)c1nc(-n2ccnc2)ns1. The molecule has 2 rings (SSSR count). The molecule has 17 heavy (non-hydrogen) atoms. The normalized spacial score (nSPS) is 12.6. The quantitative estimate of drug-likeness (QED) is 0.855. The van der Waals surface area contributed by atoms with E-state index in [0.717, 1.165) is 11.6 Å². The van der Waals surface area contributed by atoms with Gasteiger partial charge in [-0.3, -0.25) is 4.57 Å². The number of hydrogen-bond donors (Lipinski definition) is 1. The topological polar surface area (TPSA) is 72.9 Å². The van der Waals surface area contributed by atoms with Crippen LogP contribution in [-0.4, -0.2) is 38.5 Å². The average Bonchev–Trinajstić information content (AvgIpc) is 2.98. The van der Waals surface area contributed by atoms with Gasteiger partial charge in [0.15, 0.2) is 0 Å². The first-order chi connectivity index (χ1) is 8.22. The second-order valence-electron chi connectivity index (χ2n) is 3.88. The van der Waals surface area contributed by atoms with Gasteiger partial charge < -0.3 is 10.6 Å². The summed E-state index contributed by atoms with van der Waals surface area (Å²) < 4.78 is 6.10. The van der Waals surface area contributed by atoms with E-state index in [4.69, 9.17) is 5.73 Å². The standard InChI is InChI=1S/C10H16N6S/c1-8(3-4-11)15(2)10-13-9(14-17-10)16-6-5-12-7-16/h5-8H,3-4,11H2,1-2H3. The highest BCUT2D eigenvalue weighted by atomic mass is 32.1. The van der Waals surface area contributed by atoms with Crippen LogP contribution in [0.1, 0.15) is 13.3 Å². The van der Waals surface area contributed by atoms with Gasteiger partial charge in [-0.2, -0.15) is 9.36 Å². The van der Waals surface area contributed by atoms with Gasteiger partial charge in [-0.1, -0.05) is 0 Å². The van der Waals surface area contributed by atoms with Gasteiger partial charge in [0, 0.05) is 37.0 Å². The zero-order valence-electron chi connectivity index (χ0n) is 9.95. The van der Waals surface area contributed by atoms with Crippen molar-refractivity contribution in [2.24, 2.45) is 5.73 Å². The summed E-state index contributed by atoms with van der Waals surface area (Å²) in [6, 6.07) is 0.364. The Morgan fingerprint density at radius 2 is 2.41 bits per heavy atom. The molecule has 0 aliphatic carbocycles. The fraction of sp³-hybridized carbons (Fsp3) is 0.500. The summed E-state index contributed by atoms with van der Waals surface area (Å²) >= 11 is 1.39. The van der Waals surface area contributed by atoms with Crippen LogP contribution >= 0.6 is 11.5 Å². The zero-order chi connectivity index (χ0) is 12.3. The molecule has 0 saturated carbocycles. The zero-order valence-corrected chi connectivity index (χ0v) is 10.8. The molecule has 7 heteroatoms. The molecule has 2 heterocycles. The first-order valence-corrected chi connectivity index (χ1v) is 6.24. The summed E-state index contributed by atoms with van der Waals surface area (Å²) in [4.78, 5) is 10.5. The highest BCUT2D eigenvalue weighted by molar-refractivity contribution is 7.09. The van der Waals surface area contributed by atoms with E-state index in [-0.39, 0.29) is 0 Å². The number of nitrogens with two attached hydrogens (primary N) is 1. The number of anilines is 1. The van der Waals surface area contributed by atoms with Crippen LogP contribution in [0.2, 0.25) is 0 Å². The molecule has 2 aromatic heterocycles. The third-order valence-electron chi connectivity index (χ3n) is 2.69. The number of hydrogen-bond acceptors (Lipinski definition) is 6. The lowest BCUT2D eigenvalue weighted by Crippen LogP contribution is -2.30. The lowest BCUT2D eigenvalue weighted by Gasteiger charge is -2.22. The molecule has 2 aromatic rings. The maximum absolute atomic E-state index is 5.56. The minimum Gasteiger partial charge on any atom is -0.347 e. The van der Waals surface area contributed by atoms with Crippen molar-refractivity contribution in [2.45, 2.75) is 19.4 Å². The second-order valence-corrected chi connectivity index (χ2v) is 4.61. The van der Waals surface area contributed by atoms with Crippen LogP contribution in [0.4, 0.5) is 5.13 Å². The van der Waals surface area contributed by atoms with Crippen LogP contribution < -0.4 is 10.6 Å². The highest BCUT2D eigenvalue weighted by Crippen LogP contribution is 2.20. The minimum atomic E-state index is 0.364. The molecule has 0 spiro atoms. The number of nitrogens with zero attached hydrogens (tertiary/aromatic N) is 5. The summed E-state index contributed by atoms with van der Waals surface area (Å²) in [5.74, 6) is 0.661. The first kappa shape index (κ1) is 12.0. The Bertz CT molecular complexity index is 451. The lowest BCUT2D eigenvalue weighted by molar-refractivity contribution is 0.633. The largest absolute Gasteiger partial charge is 0.347 e. The van der Waals surface area contributed by atoms with Gasteiger partial charge in [-0.05, 0) is 19.9 Å². The Labute approximate surface area is 104 Å². The lowest BCUT2D eigenvalue weighted by atomic mass is 10.2. The van der Waals surface area contributed by atoms with Gasteiger partial charge in [0.2, 0.25) is 11.1 Å². The van der Waals surface area contributed by atoms with Gasteiger partial charge in [0.25, 0.3) is 0 Å². The van der Waals surface area contributed by atoms with E-state index >= 15 is 0 Å². The summed E-state index contributed by atoms with van der Waals surface area (Å²) in [6.45, 7) is 2.81. The summed E-state index contributed by atoms with van der Waals surface area (Å²) in [6.07, 6.45) is 6.17. The fourth-order valence-electron chi connectivity index (χ4n) is 1.46. The van der Waals surface area contributed by atoms with Crippen molar-refractivity contribution in [3.8, 4) is 5.95 Å². The van der Waals surface area contributed by atoms with Crippen molar-refractivity contribution in [1.29, 1.82) is 0 Å². The Hall–Kier alpha value is -1.47. The first-order valence-electron chi connectivity index (χ1n) is 5.47. The molecule has 1 unspecified atom stereocenters. The molecule has 1 atom stereocenters. The number of aromatic nitrogens is 4. The molecule has 0 aromatic carbocycles. The molecule has 0 amide bonds. The second kappa shape index (κ2) is 5.24. The minimum absolute atomic E-state index is 0.364. The number of rotatable bonds is 5. The fourth-order valence-corrected chi connectivity index (χ4v) is 2.19. The van der Waals surface area contributed by atoms with Crippen molar-refractivity contribution in [3.63, 3.8) is 0 Å². The van der Waals surface area contributed by atoms with Gasteiger partial charge in [-0.25, -0.2) is 4.98 Å². The van der Waals surface area contributed by atoms with E-state index in [1.54, 1.807) is 17.1 Å². The van der Waals surface area contributed by atoms with E-state index in [1.807, 2.05) is 13.2 Å². The maximum Gasteiger partial charge on any atom is 0.248 e. The molecule has 0 aliphatic heterocycles. The Morgan fingerprint density at radius 1 is 1.59 bits per heavy atom. The molecule has 0 radical (unpaired) electrons. The van der Waals surface area contributed by atoms with Gasteiger partial charge >= 0.3 is 0 Å². The molecule has 6 nitrogen and oxygen atoms in total. The predicted molar refractivity (Wildman–Crippen MR) is 68.6 cm³/mol. The molecular weight excluding hydrogens is 236 g/mol. The third-order valence-corrected chi connectivity index (χ3v) is 3.48. The molecule has 0 bridgehead atoms. The van der Waals surface area contributed by atoms with Crippen LogP contribution in [0.5, 0.6) is 0 Å². The van der Waals surface area contributed by atoms with Crippen LogP contribution in [-0.2, 0) is 0 Å². The molecule has 2 N–H and O–H groups in total. The van der Waals surface area contributed by atoms with Gasteiger partial charge in [-0.15, -0.1) is 0 Å². The molecule has 0 aliphatic rings. The maximum atomic E-state index is 5.56. The van der Waals surface area contributed by atoms with Crippen molar-refractivity contribution < 1.29 is 0 Å². The highest BCUT2D eigenvalue weighted by Gasteiger charge is 2.14. The van der Waals surface area contributed by atoms with E-state index in [1.165, 1.54) is 11.5 Å². The monoisotopic (exact) mass is 252 g/mol. The van der Waals surface area contributed by atoms with E-state index in [9.17, 15) is 0 Å². The Kier molecular flexibility index (Phi) is 3.70. The van der Waals surface area contributed by atoms with Crippen molar-refractivity contribution in [2.75, 3.05) is 18.5 Å². The average molecular weight is 252 g/mol. The van der Waals surface area contributed by atoms with Gasteiger partial charge in [0.05, 0.1) is 0 Å². The smallest absolute Gasteiger partial charge is 0.248 e.